The summed E-state index contributed by atoms with van der Waals surface area (Å²) in [5, 5.41) is 1.06. The molecule has 1 aromatic rings. The van der Waals surface area contributed by atoms with Gasteiger partial charge in [-0.15, -0.1) is 0 Å². The fourth-order valence-electron chi connectivity index (χ4n) is 1.64. The zero-order chi connectivity index (χ0) is 9.42. The van der Waals surface area contributed by atoms with Crippen molar-refractivity contribution in [3.05, 3.63) is 28.3 Å². The summed E-state index contributed by atoms with van der Waals surface area (Å²) in [5.74, 6) is 0.938. The topological polar surface area (TPSA) is 9.23 Å². The van der Waals surface area contributed by atoms with Gasteiger partial charge in [-0.3, -0.25) is 0 Å². The van der Waals surface area contributed by atoms with Gasteiger partial charge in [-0.2, -0.15) is 12.6 Å². The molecule has 70 valence electrons. The second kappa shape index (κ2) is 3.43. The fourth-order valence-corrected chi connectivity index (χ4v) is 2.23. The maximum Gasteiger partial charge on any atom is 0.123 e. The number of benzene rings is 1. The Bertz CT molecular complexity index is 338. The summed E-state index contributed by atoms with van der Waals surface area (Å²) < 4.78 is 5.52. The predicted molar refractivity (Wildman–Crippen MR) is 58.0 cm³/mol. The first-order valence-electron chi connectivity index (χ1n) is 4.30. The molecule has 0 aromatic heterocycles. The van der Waals surface area contributed by atoms with Gasteiger partial charge in [0.2, 0.25) is 0 Å². The Morgan fingerprint density at radius 2 is 2.31 bits per heavy atom. The third-order valence-electron chi connectivity index (χ3n) is 2.39. The van der Waals surface area contributed by atoms with E-state index in [-0.39, 0.29) is 5.25 Å². The van der Waals surface area contributed by atoms with E-state index in [0.717, 1.165) is 34.9 Å². The van der Waals surface area contributed by atoms with Gasteiger partial charge >= 0.3 is 0 Å². The Morgan fingerprint density at radius 3 is 3.08 bits per heavy atom. The molecule has 0 fully saturated rings. The summed E-state index contributed by atoms with van der Waals surface area (Å²) in [7, 11) is 0. The molecule has 1 aliphatic rings. The maximum atomic E-state index is 6.02. The van der Waals surface area contributed by atoms with Crippen molar-refractivity contribution in [3.8, 4) is 5.75 Å². The lowest BCUT2D eigenvalue weighted by Crippen LogP contribution is -2.12. The highest BCUT2D eigenvalue weighted by molar-refractivity contribution is 7.80. The zero-order valence-corrected chi connectivity index (χ0v) is 9.03. The van der Waals surface area contributed by atoms with Gasteiger partial charge in [0.15, 0.2) is 0 Å². The van der Waals surface area contributed by atoms with Gasteiger partial charge < -0.3 is 4.74 Å². The standard InChI is InChI=1S/C10H11ClOS/c1-6-7(11)2-3-8-10(6)9(13)4-5-12-8/h2-3,9,13H,4-5H2,1H3. The molecule has 1 aliphatic heterocycles. The minimum absolute atomic E-state index is 0.266. The Labute approximate surface area is 88.5 Å². The van der Waals surface area contributed by atoms with Crippen LogP contribution in [0, 0.1) is 6.92 Å². The van der Waals surface area contributed by atoms with Crippen molar-refractivity contribution in [2.24, 2.45) is 0 Å². The summed E-state index contributed by atoms with van der Waals surface area (Å²) >= 11 is 10.5. The van der Waals surface area contributed by atoms with E-state index in [0.29, 0.717) is 0 Å². The molecule has 0 aliphatic carbocycles. The molecule has 0 saturated carbocycles. The predicted octanol–water partition coefficient (Wildman–Crippen LogP) is 3.40. The highest BCUT2D eigenvalue weighted by Crippen LogP contribution is 2.40. The van der Waals surface area contributed by atoms with E-state index in [1.807, 2.05) is 19.1 Å². The van der Waals surface area contributed by atoms with Gasteiger partial charge in [-0.05, 0) is 31.0 Å². The highest BCUT2D eigenvalue weighted by Gasteiger charge is 2.21. The van der Waals surface area contributed by atoms with E-state index in [1.165, 1.54) is 0 Å². The first-order chi connectivity index (χ1) is 6.20. The van der Waals surface area contributed by atoms with Crippen LogP contribution in [0.2, 0.25) is 5.02 Å². The summed E-state index contributed by atoms with van der Waals surface area (Å²) in [5.41, 5.74) is 2.25. The van der Waals surface area contributed by atoms with Crippen LogP contribution >= 0.6 is 24.2 Å². The second-order valence-corrected chi connectivity index (χ2v) is 4.27. The van der Waals surface area contributed by atoms with Crippen LogP contribution in [0.25, 0.3) is 0 Å². The molecule has 1 atom stereocenters. The van der Waals surface area contributed by atoms with Crippen molar-refractivity contribution in [3.63, 3.8) is 0 Å². The van der Waals surface area contributed by atoms with Crippen LogP contribution in [0.1, 0.15) is 22.8 Å². The molecule has 0 amide bonds. The minimum atomic E-state index is 0.266. The van der Waals surface area contributed by atoms with E-state index < -0.39 is 0 Å². The van der Waals surface area contributed by atoms with Crippen LogP contribution in [0.15, 0.2) is 12.1 Å². The summed E-state index contributed by atoms with van der Waals surface area (Å²) in [6, 6.07) is 3.80. The number of ether oxygens (including phenoxy) is 1. The molecule has 0 radical (unpaired) electrons. The van der Waals surface area contributed by atoms with Gasteiger partial charge in [0.05, 0.1) is 6.61 Å². The first-order valence-corrected chi connectivity index (χ1v) is 5.19. The number of rotatable bonds is 0. The van der Waals surface area contributed by atoms with E-state index in [2.05, 4.69) is 12.6 Å². The maximum absolute atomic E-state index is 6.02. The fraction of sp³-hybridized carbons (Fsp3) is 0.400. The summed E-state index contributed by atoms with van der Waals surface area (Å²) in [6.07, 6.45) is 0.956. The van der Waals surface area contributed by atoms with E-state index in [1.54, 1.807) is 0 Å². The van der Waals surface area contributed by atoms with Gasteiger partial charge in [0.25, 0.3) is 0 Å². The molecular weight excluding hydrogens is 204 g/mol. The van der Waals surface area contributed by atoms with Crippen LogP contribution in [0.3, 0.4) is 0 Å². The number of hydrogen-bond donors (Lipinski definition) is 1. The summed E-state index contributed by atoms with van der Waals surface area (Å²) in [4.78, 5) is 0. The van der Waals surface area contributed by atoms with Gasteiger partial charge in [0, 0.05) is 15.8 Å². The van der Waals surface area contributed by atoms with Crippen LogP contribution < -0.4 is 4.74 Å². The Morgan fingerprint density at radius 1 is 1.54 bits per heavy atom. The number of fused-ring (bicyclic) bond motifs is 1. The minimum Gasteiger partial charge on any atom is -0.493 e. The van der Waals surface area contributed by atoms with Crippen LogP contribution in [-0.2, 0) is 0 Å². The van der Waals surface area contributed by atoms with Crippen LogP contribution in [-0.4, -0.2) is 6.61 Å². The lowest BCUT2D eigenvalue weighted by Gasteiger charge is -2.24. The lowest BCUT2D eigenvalue weighted by molar-refractivity contribution is 0.286. The zero-order valence-electron chi connectivity index (χ0n) is 7.38. The van der Waals surface area contributed by atoms with Crippen LogP contribution in [0.5, 0.6) is 5.75 Å². The van der Waals surface area contributed by atoms with Gasteiger partial charge in [-0.25, -0.2) is 0 Å². The molecule has 0 bridgehead atoms. The van der Waals surface area contributed by atoms with E-state index in [9.17, 15) is 0 Å². The van der Waals surface area contributed by atoms with E-state index in [4.69, 9.17) is 16.3 Å². The molecule has 2 rings (SSSR count). The smallest absolute Gasteiger partial charge is 0.123 e. The molecule has 3 heteroatoms. The molecule has 0 N–H and O–H groups in total. The van der Waals surface area contributed by atoms with Crippen molar-refractivity contribution in [1.29, 1.82) is 0 Å². The SMILES string of the molecule is Cc1c(Cl)ccc2c1C(S)CCO2. The number of hydrogen-bond acceptors (Lipinski definition) is 2. The lowest BCUT2D eigenvalue weighted by atomic mass is 10.0. The largest absolute Gasteiger partial charge is 0.493 e. The first kappa shape index (κ1) is 9.22. The molecule has 0 spiro atoms. The average molecular weight is 215 g/mol. The Hall–Kier alpha value is -0.340. The number of halogens is 1. The number of thiol groups is 1. The van der Waals surface area contributed by atoms with Crippen molar-refractivity contribution in [2.45, 2.75) is 18.6 Å². The Kier molecular flexibility index (Phi) is 2.43. The molecular formula is C10H11ClOS. The average Bonchev–Trinajstić information content (AvgIpc) is 2.12. The third-order valence-corrected chi connectivity index (χ3v) is 3.32. The van der Waals surface area contributed by atoms with Crippen molar-refractivity contribution < 1.29 is 4.74 Å². The second-order valence-electron chi connectivity index (χ2n) is 3.24. The molecule has 0 saturated heterocycles. The summed E-state index contributed by atoms with van der Waals surface area (Å²) in [6.45, 7) is 2.77. The molecule has 1 heterocycles. The normalized spacial score (nSPS) is 20.7. The molecule has 1 aromatic carbocycles. The highest BCUT2D eigenvalue weighted by atomic mass is 35.5. The van der Waals surface area contributed by atoms with Crippen LogP contribution in [0.4, 0.5) is 0 Å². The van der Waals surface area contributed by atoms with Crippen molar-refractivity contribution in [2.75, 3.05) is 6.61 Å². The van der Waals surface area contributed by atoms with Crippen molar-refractivity contribution >= 4 is 24.2 Å². The van der Waals surface area contributed by atoms with Gasteiger partial charge in [-0.1, -0.05) is 11.6 Å². The third kappa shape index (κ3) is 1.53. The van der Waals surface area contributed by atoms with Gasteiger partial charge in [0.1, 0.15) is 5.75 Å². The molecule has 1 nitrogen and oxygen atoms in total. The molecule has 13 heavy (non-hydrogen) atoms. The quantitative estimate of drug-likeness (QED) is 0.652. The Balaban J connectivity index is 2.58. The molecule has 1 unspecified atom stereocenters. The van der Waals surface area contributed by atoms with Crippen molar-refractivity contribution in [1.82, 2.24) is 0 Å². The van der Waals surface area contributed by atoms with E-state index >= 15 is 0 Å². The monoisotopic (exact) mass is 214 g/mol.